The Balaban J connectivity index is 2.38. The zero-order valence-electron chi connectivity index (χ0n) is 10.2. The average Bonchev–Trinajstić information content (AvgIpc) is 2.85. The Bertz CT molecular complexity index is 530. The van der Waals surface area contributed by atoms with Gasteiger partial charge in [-0.25, -0.2) is 9.98 Å². The highest BCUT2D eigenvalue weighted by atomic mass is 16.5. The van der Waals surface area contributed by atoms with Crippen molar-refractivity contribution in [2.75, 3.05) is 7.11 Å². The van der Waals surface area contributed by atoms with Crippen molar-refractivity contribution in [3.8, 4) is 5.75 Å². The number of imidazole rings is 1. The summed E-state index contributed by atoms with van der Waals surface area (Å²) in [6.45, 7) is 3.95. The van der Waals surface area contributed by atoms with Crippen LogP contribution in [0.25, 0.3) is 0 Å². The molecule has 0 radical (unpaired) electrons. The van der Waals surface area contributed by atoms with Gasteiger partial charge in [-0.15, -0.1) is 0 Å². The Hall–Kier alpha value is -2.10. The maximum Gasteiger partial charge on any atom is 0.144 e. The molecule has 0 bridgehead atoms. The summed E-state index contributed by atoms with van der Waals surface area (Å²) in [5, 5.41) is 0. The first kappa shape index (κ1) is 11.4. The van der Waals surface area contributed by atoms with E-state index in [-0.39, 0.29) is 0 Å². The van der Waals surface area contributed by atoms with Crippen molar-refractivity contribution in [2.45, 2.75) is 13.8 Å². The summed E-state index contributed by atoms with van der Waals surface area (Å²) in [5.41, 5.74) is 3.66. The largest absolute Gasteiger partial charge is 0.494 e. The maximum atomic E-state index is 5.31. The van der Waals surface area contributed by atoms with E-state index >= 15 is 0 Å². The number of aromatic amines is 1. The minimum absolute atomic E-state index is 0.778. The molecule has 2 aromatic rings. The lowest BCUT2D eigenvalue weighted by molar-refractivity contribution is 0.416. The predicted molar refractivity (Wildman–Crippen MR) is 68.2 cm³/mol. The van der Waals surface area contributed by atoms with E-state index in [4.69, 9.17) is 4.74 Å². The highest BCUT2D eigenvalue weighted by Crippen LogP contribution is 2.28. The van der Waals surface area contributed by atoms with Gasteiger partial charge in [-0.05, 0) is 31.5 Å². The molecule has 0 saturated carbocycles. The summed E-state index contributed by atoms with van der Waals surface area (Å²) in [6.07, 6.45) is 3.46. The first-order valence-corrected chi connectivity index (χ1v) is 5.40. The van der Waals surface area contributed by atoms with E-state index in [1.165, 1.54) is 0 Å². The van der Waals surface area contributed by atoms with E-state index in [9.17, 15) is 0 Å². The summed E-state index contributed by atoms with van der Waals surface area (Å²) < 4.78 is 5.31. The fourth-order valence-electron chi connectivity index (χ4n) is 1.57. The predicted octanol–water partition coefficient (Wildman–Crippen LogP) is 2.87. The molecule has 0 saturated heterocycles. The molecule has 1 aromatic carbocycles. The summed E-state index contributed by atoms with van der Waals surface area (Å²) in [6, 6.07) is 5.93. The number of hydrogen-bond donors (Lipinski definition) is 1. The third-order valence-electron chi connectivity index (χ3n) is 2.49. The minimum Gasteiger partial charge on any atom is -0.494 e. The highest BCUT2D eigenvalue weighted by molar-refractivity contribution is 5.98. The second kappa shape index (κ2) is 4.82. The molecule has 4 heteroatoms. The Morgan fingerprint density at radius 3 is 2.88 bits per heavy atom. The topological polar surface area (TPSA) is 50.3 Å². The van der Waals surface area contributed by atoms with Gasteiger partial charge in [-0.1, -0.05) is 6.07 Å². The number of nitrogens with zero attached hydrogens (tertiary/aromatic N) is 2. The van der Waals surface area contributed by atoms with E-state index < -0.39 is 0 Å². The molecule has 0 aliphatic rings. The van der Waals surface area contributed by atoms with E-state index in [0.717, 1.165) is 28.4 Å². The lowest BCUT2D eigenvalue weighted by Crippen LogP contribution is -1.94. The van der Waals surface area contributed by atoms with Gasteiger partial charge in [0.2, 0.25) is 0 Å². The number of H-pyrrole nitrogens is 1. The van der Waals surface area contributed by atoms with Crippen molar-refractivity contribution in [1.82, 2.24) is 9.97 Å². The van der Waals surface area contributed by atoms with Crippen molar-refractivity contribution in [2.24, 2.45) is 4.99 Å². The van der Waals surface area contributed by atoms with Crippen LogP contribution in [0.4, 0.5) is 5.69 Å². The first-order chi connectivity index (χ1) is 8.20. The highest BCUT2D eigenvalue weighted by Gasteiger charge is 2.04. The molecule has 0 aliphatic carbocycles. The number of ether oxygens (including phenoxy) is 1. The molecule has 2 rings (SSSR count). The van der Waals surface area contributed by atoms with Gasteiger partial charge in [0, 0.05) is 6.20 Å². The molecule has 88 valence electrons. The molecule has 1 heterocycles. The van der Waals surface area contributed by atoms with Crippen LogP contribution in [0, 0.1) is 6.92 Å². The van der Waals surface area contributed by atoms with E-state index in [1.807, 2.05) is 38.2 Å². The Kier molecular flexibility index (Phi) is 3.23. The number of rotatable bonds is 3. The molecular weight excluding hydrogens is 214 g/mol. The van der Waals surface area contributed by atoms with Gasteiger partial charge in [0.05, 0.1) is 19.1 Å². The monoisotopic (exact) mass is 229 g/mol. The fraction of sp³-hybridized carbons (Fsp3) is 0.231. The van der Waals surface area contributed by atoms with Crippen molar-refractivity contribution < 1.29 is 4.74 Å². The number of methoxy groups -OCH3 is 1. The van der Waals surface area contributed by atoms with Gasteiger partial charge in [0.25, 0.3) is 0 Å². The van der Waals surface area contributed by atoms with Crippen molar-refractivity contribution >= 4 is 11.4 Å². The minimum atomic E-state index is 0.778. The smallest absolute Gasteiger partial charge is 0.144 e. The van der Waals surface area contributed by atoms with Crippen LogP contribution >= 0.6 is 0 Å². The number of aliphatic imine (C=N–C) groups is 1. The Morgan fingerprint density at radius 2 is 2.24 bits per heavy atom. The molecule has 0 spiro atoms. The maximum absolute atomic E-state index is 5.31. The molecule has 17 heavy (non-hydrogen) atoms. The van der Waals surface area contributed by atoms with Crippen LogP contribution in [-0.4, -0.2) is 22.8 Å². The lowest BCUT2D eigenvalue weighted by Gasteiger charge is -2.06. The molecule has 0 amide bonds. The second-order valence-electron chi connectivity index (χ2n) is 3.83. The zero-order valence-corrected chi connectivity index (χ0v) is 10.2. The summed E-state index contributed by atoms with van der Waals surface area (Å²) in [4.78, 5) is 11.6. The summed E-state index contributed by atoms with van der Waals surface area (Å²) >= 11 is 0. The van der Waals surface area contributed by atoms with Gasteiger partial charge in [0.1, 0.15) is 17.1 Å². The fourth-order valence-corrected chi connectivity index (χ4v) is 1.57. The van der Waals surface area contributed by atoms with Gasteiger partial charge in [-0.3, -0.25) is 0 Å². The molecule has 0 fully saturated rings. The number of benzene rings is 1. The van der Waals surface area contributed by atoms with Crippen LogP contribution in [0.1, 0.15) is 18.2 Å². The third kappa shape index (κ3) is 2.53. The normalized spacial score (nSPS) is 11.6. The number of aromatic nitrogens is 2. The quantitative estimate of drug-likeness (QED) is 0.823. The lowest BCUT2D eigenvalue weighted by atomic mass is 10.2. The van der Waals surface area contributed by atoms with Gasteiger partial charge >= 0.3 is 0 Å². The molecule has 0 unspecified atom stereocenters. The molecule has 1 N–H and O–H groups in total. The van der Waals surface area contributed by atoms with E-state index in [0.29, 0.717) is 0 Å². The number of hydrogen-bond acceptors (Lipinski definition) is 3. The summed E-state index contributed by atoms with van der Waals surface area (Å²) in [5.74, 6) is 0.778. The van der Waals surface area contributed by atoms with Crippen LogP contribution in [0.2, 0.25) is 0 Å². The van der Waals surface area contributed by atoms with Crippen LogP contribution in [0.3, 0.4) is 0 Å². The first-order valence-electron chi connectivity index (χ1n) is 5.40. The molecule has 1 aromatic heterocycles. The third-order valence-corrected chi connectivity index (χ3v) is 2.49. The van der Waals surface area contributed by atoms with Crippen LogP contribution in [0.15, 0.2) is 35.7 Å². The molecule has 0 aliphatic heterocycles. The Labute approximate surface area is 100 Å². The standard InChI is InChI=1S/C13H15N3O/c1-9-4-5-11(13(6-9)17-3)16-10(2)12-7-14-8-15-12/h4-8H,1-3H3,(H,14,15). The van der Waals surface area contributed by atoms with Gasteiger partial charge < -0.3 is 9.72 Å². The molecule has 4 nitrogen and oxygen atoms in total. The van der Waals surface area contributed by atoms with Gasteiger partial charge in [-0.2, -0.15) is 0 Å². The SMILES string of the molecule is COc1cc(C)ccc1N=C(C)c1c[nH]cn1. The second-order valence-corrected chi connectivity index (χ2v) is 3.83. The van der Waals surface area contributed by atoms with Crippen LogP contribution in [-0.2, 0) is 0 Å². The molecular formula is C13H15N3O. The number of nitrogens with one attached hydrogen (secondary N) is 1. The van der Waals surface area contributed by atoms with Crippen molar-refractivity contribution in [1.29, 1.82) is 0 Å². The number of aryl methyl sites for hydroxylation is 1. The molecule has 0 atom stereocenters. The van der Waals surface area contributed by atoms with Crippen molar-refractivity contribution in [3.63, 3.8) is 0 Å². The van der Waals surface area contributed by atoms with E-state index in [1.54, 1.807) is 13.4 Å². The zero-order chi connectivity index (χ0) is 12.3. The Morgan fingerprint density at radius 1 is 1.41 bits per heavy atom. The van der Waals surface area contributed by atoms with Crippen LogP contribution < -0.4 is 4.74 Å². The van der Waals surface area contributed by atoms with E-state index in [2.05, 4.69) is 15.0 Å². The van der Waals surface area contributed by atoms with Crippen LogP contribution in [0.5, 0.6) is 5.75 Å². The van der Waals surface area contributed by atoms with Gasteiger partial charge in [0.15, 0.2) is 0 Å². The van der Waals surface area contributed by atoms with Crippen molar-refractivity contribution in [3.05, 3.63) is 42.0 Å². The summed E-state index contributed by atoms with van der Waals surface area (Å²) in [7, 11) is 1.65. The average molecular weight is 229 g/mol.